The standard InChI is InChI=1S/C13H19NO2/c1-6-8-10-14(11-9-7-2)12(15)16-13(3,4)5/h10-11H2,1-5H3. The molecule has 0 aliphatic heterocycles. The van der Waals surface area contributed by atoms with Crippen LogP contribution in [-0.4, -0.2) is 29.7 Å². The van der Waals surface area contributed by atoms with Crippen LogP contribution in [0.15, 0.2) is 0 Å². The van der Waals surface area contributed by atoms with Gasteiger partial charge in [-0.25, -0.2) is 4.79 Å². The Morgan fingerprint density at radius 3 is 1.88 bits per heavy atom. The summed E-state index contributed by atoms with van der Waals surface area (Å²) in [4.78, 5) is 13.2. The average molecular weight is 221 g/mol. The zero-order valence-electron chi connectivity index (χ0n) is 10.7. The van der Waals surface area contributed by atoms with Crippen LogP contribution in [-0.2, 0) is 4.74 Å². The van der Waals surface area contributed by atoms with Crippen molar-refractivity contribution in [3.8, 4) is 23.7 Å². The van der Waals surface area contributed by atoms with E-state index in [0.717, 1.165) is 0 Å². The molecular formula is C13H19NO2. The second-order valence-electron chi connectivity index (χ2n) is 4.19. The highest BCUT2D eigenvalue weighted by Gasteiger charge is 2.20. The maximum atomic E-state index is 11.7. The van der Waals surface area contributed by atoms with Gasteiger partial charge in [-0.05, 0) is 34.6 Å². The molecule has 3 heteroatoms. The van der Waals surface area contributed by atoms with Crippen molar-refractivity contribution in [2.24, 2.45) is 0 Å². The predicted octanol–water partition coefficient (Wildman–Crippen LogP) is 2.27. The molecule has 0 saturated carbocycles. The van der Waals surface area contributed by atoms with E-state index in [1.165, 1.54) is 4.90 Å². The Labute approximate surface area is 98.2 Å². The summed E-state index contributed by atoms with van der Waals surface area (Å²) in [6, 6.07) is 0. The smallest absolute Gasteiger partial charge is 0.411 e. The van der Waals surface area contributed by atoms with E-state index in [2.05, 4.69) is 23.7 Å². The Kier molecular flexibility index (Phi) is 6.11. The molecule has 0 aromatic carbocycles. The van der Waals surface area contributed by atoms with Crippen LogP contribution in [0.1, 0.15) is 34.6 Å². The minimum absolute atomic E-state index is 0.347. The zero-order chi connectivity index (χ0) is 12.6. The highest BCUT2D eigenvalue weighted by atomic mass is 16.6. The molecule has 0 rings (SSSR count). The van der Waals surface area contributed by atoms with E-state index < -0.39 is 5.60 Å². The van der Waals surface area contributed by atoms with Gasteiger partial charge in [0.25, 0.3) is 0 Å². The number of amides is 1. The molecule has 0 aliphatic rings. The molecule has 0 aromatic heterocycles. The molecule has 0 aromatic rings. The van der Waals surface area contributed by atoms with Crippen LogP contribution >= 0.6 is 0 Å². The van der Waals surface area contributed by atoms with Crippen molar-refractivity contribution in [1.29, 1.82) is 0 Å². The quantitative estimate of drug-likeness (QED) is 0.669. The molecule has 16 heavy (non-hydrogen) atoms. The van der Waals surface area contributed by atoms with Gasteiger partial charge >= 0.3 is 6.09 Å². The van der Waals surface area contributed by atoms with Crippen molar-refractivity contribution in [3.63, 3.8) is 0 Å². The first kappa shape index (κ1) is 14.4. The van der Waals surface area contributed by atoms with Crippen molar-refractivity contribution >= 4 is 6.09 Å². The van der Waals surface area contributed by atoms with Crippen molar-refractivity contribution in [3.05, 3.63) is 0 Å². The summed E-state index contributed by atoms with van der Waals surface area (Å²) in [5, 5.41) is 0. The number of carbonyl (C=O) groups is 1. The van der Waals surface area contributed by atoms with E-state index in [-0.39, 0.29) is 6.09 Å². The Bertz CT molecular complexity index is 322. The molecule has 1 amide bonds. The molecular weight excluding hydrogens is 202 g/mol. The second-order valence-corrected chi connectivity index (χ2v) is 4.19. The van der Waals surface area contributed by atoms with E-state index in [1.54, 1.807) is 13.8 Å². The molecule has 0 aliphatic carbocycles. The Morgan fingerprint density at radius 2 is 1.56 bits per heavy atom. The maximum Gasteiger partial charge on any atom is 0.411 e. The van der Waals surface area contributed by atoms with Crippen molar-refractivity contribution in [2.45, 2.75) is 40.2 Å². The van der Waals surface area contributed by atoms with Gasteiger partial charge in [0.05, 0.1) is 13.1 Å². The molecule has 88 valence electrons. The van der Waals surface area contributed by atoms with Gasteiger partial charge in [-0.15, -0.1) is 11.8 Å². The number of carbonyl (C=O) groups excluding carboxylic acids is 1. The van der Waals surface area contributed by atoms with Gasteiger partial charge in [0.2, 0.25) is 0 Å². The van der Waals surface area contributed by atoms with Crippen molar-refractivity contribution in [2.75, 3.05) is 13.1 Å². The SMILES string of the molecule is CC#CCN(CC#CC)C(=O)OC(C)(C)C. The van der Waals surface area contributed by atoms with Crippen LogP contribution in [0.2, 0.25) is 0 Å². The van der Waals surface area contributed by atoms with E-state index in [0.29, 0.717) is 13.1 Å². The fraction of sp³-hybridized carbons (Fsp3) is 0.615. The van der Waals surface area contributed by atoms with Gasteiger partial charge < -0.3 is 4.74 Å². The normalized spacial score (nSPS) is 9.31. The minimum atomic E-state index is -0.491. The molecule has 3 nitrogen and oxygen atoms in total. The first-order valence-electron chi connectivity index (χ1n) is 5.18. The summed E-state index contributed by atoms with van der Waals surface area (Å²) in [5.74, 6) is 11.2. The van der Waals surface area contributed by atoms with Crippen LogP contribution in [0.5, 0.6) is 0 Å². The largest absolute Gasteiger partial charge is 0.444 e. The summed E-state index contributed by atoms with van der Waals surface area (Å²) in [7, 11) is 0. The van der Waals surface area contributed by atoms with Crippen LogP contribution in [0.4, 0.5) is 4.79 Å². The first-order valence-corrected chi connectivity index (χ1v) is 5.18. The lowest BCUT2D eigenvalue weighted by Gasteiger charge is -2.24. The van der Waals surface area contributed by atoms with Gasteiger partial charge in [-0.3, -0.25) is 4.90 Å². The van der Waals surface area contributed by atoms with E-state index in [4.69, 9.17) is 4.74 Å². The molecule has 0 saturated heterocycles. The third-order valence-corrected chi connectivity index (χ3v) is 1.55. The third-order valence-electron chi connectivity index (χ3n) is 1.55. The number of rotatable bonds is 2. The van der Waals surface area contributed by atoms with Crippen molar-refractivity contribution < 1.29 is 9.53 Å². The lowest BCUT2D eigenvalue weighted by molar-refractivity contribution is 0.0299. The van der Waals surface area contributed by atoms with Crippen molar-refractivity contribution in [1.82, 2.24) is 4.90 Å². The monoisotopic (exact) mass is 221 g/mol. The molecule has 0 spiro atoms. The van der Waals surface area contributed by atoms with E-state index in [1.807, 2.05) is 20.8 Å². The fourth-order valence-electron chi connectivity index (χ4n) is 0.860. The van der Waals surface area contributed by atoms with Crippen LogP contribution in [0.25, 0.3) is 0 Å². The summed E-state index contributed by atoms with van der Waals surface area (Å²) in [5.41, 5.74) is -0.491. The summed E-state index contributed by atoms with van der Waals surface area (Å²) >= 11 is 0. The fourth-order valence-corrected chi connectivity index (χ4v) is 0.860. The third kappa shape index (κ3) is 6.79. The highest BCUT2D eigenvalue weighted by Crippen LogP contribution is 2.09. The first-order chi connectivity index (χ1) is 7.40. The molecule has 0 radical (unpaired) electrons. The summed E-state index contributed by atoms with van der Waals surface area (Å²) < 4.78 is 5.25. The molecule has 0 heterocycles. The van der Waals surface area contributed by atoms with Gasteiger partial charge in [-0.2, -0.15) is 0 Å². The molecule has 0 atom stereocenters. The van der Waals surface area contributed by atoms with E-state index in [9.17, 15) is 4.79 Å². The molecule has 0 bridgehead atoms. The van der Waals surface area contributed by atoms with Gasteiger partial charge in [0.15, 0.2) is 0 Å². The lowest BCUT2D eigenvalue weighted by atomic mass is 10.2. The Balaban J connectivity index is 4.51. The highest BCUT2D eigenvalue weighted by molar-refractivity contribution is 5.68. The molecule has 0 N–H and O–H groups in total. The Morgan fingerprint density at radius 1 is 1.12 bits per heavy atom. The predicted molar refractivity (Wildman–Crippen MR) is 64.7 cm³/mol. The number of ether oxygens (including phenoxy) is 1. The number of hydrogen-bond donors (Lipinski definition) is 0. The maximum absolute atomic E-state index is 11.7. The van der Waals surface area contributed by atoms with Crippen LogP contribution < -0.4 is 0 Å². The topological polar surface area (TPSA) is 29.5 Å². The molecule has 0 fully saturated rings. The van der Waals surface area contributed by atoms with Gasteiger partial charge in [-0.1, -0.05) is 11.8 Å². The number of nitrogens with zero attached hydrogens (tertiary/aromatic N) is 1. The average Bonchev–Trinajstić information content (AvgIpc) is 2.15. The summed E-state index contributed by atoms with van der Waals surface area (Å²) in [6.07, 6.45) is -0.377. The second kappa shape index (κ2) is 6.80. The van der Waals surface area contributed by atoms with E-state index >= 15 is 0 Å². The lowest BCUT2D eigenvalue weighted by Crippen LogP contribution is -2.37. The minimum Gasteiger partial charge on any atom is -0.444 e. The molecule has 0 unspecified atom stereocenters. The summed E-state index contributed by atoms with van der Waals surface area (Å²) in [6.45, 7) is 9.66. The zero-order valence-corrected chi connectivity index (χ0v) is 10.7. The number of hydrogen-bond acceptors (Lipinski definition) is 2. The van der Waals surface area contributed by atoms with Crippen LogP contribution in [0, 0.1) is 23.7 Å². The van der Waals surface area contributed by atoms with Gasteiger partial charge in [0.1, 0.15) is 5.60 Å². The van der Waals surface area contributed by atoms with Gasteiger partial charge in [0, 0.05) is 0 Å². The Hall–Kier alpha value is -1.61. The van der Waals surface area contributed by atoms with Crippen LogP contribution in [0.3, 0.4) is 0 Å².